The van der Waals surface area contributed by atoms with Crippen LogP contribution >= 0.6 is 0 Å². The summed E-state index contributed by atoms with van der Waals surface area (Å²) in [6, 6.07) is 7.32. The van der Waals surface area contributed by atoms with Crippen molar-refractivity contribution in [1.29, 1.82) is 0 Å². The van der Waals surface area contributed by atoms with E-state index in [0.29, 0.717) is 5.56 Å². The van der Waals surface area contributed by atoms with E-state index in [1.54, 1.807) is 51.1 Å². The predicted octanol–water partition coefficient (Wildman–Crippen LogP) is 2.99. The topological polar surface area (TPSA) is 153 Å². The molecule has 0 heterocycles. The molecule has 34 heavy (non-hydrogen) atoms. The first-order valence-corrected chi connectivity index (χ1v) is 11.7. The zero-order valence-corrected chi connectivity index (χ0v) is 20.3. The fourth-order valence-corrected chi connectivity index (χ4v) is 4.29. The molecule has 9 heteroatoms. The molecular formula is C25H37N3O6. The first-order valence-electron chi connectivity index (χ1n) is 11.7. The van der Waals surface area contributed by atoms with Crippen LogP contribution < -0.4 is 11.5 Å². The van der Waals surface area contributed by atoms with Gasteiger partial charge in [0, 0.05) is 0 Å². The summed E-state index contributed by atoms with van der Waals surface area (Å²) in [5.74, 6) is -3.10. The molecule has 1 aromatic carbocycles. The lowest BCUT2D eigenvalue weighted by atomic mass is 9.75. The summed E-state index contributed by atoms with van der Waals surface area (Å²) >= 11 is 0. The molecule has 0 saturated heterocycles. The third-order valence-electron chi connectivity index (χ3n) is 5.93. The Hall–Kier alpha value is -2.78. The van der Waals surface area contributed by atoms with E-state index < -0.39 is 47.4 Å². The molecule has 2 rings (SSSR count). The van der Waals surface area contributed by atoms with Crippen LogP contribution in [0.25, 0.3) is 0 Å². The van der Waals surface area contributed by atoms with Crippen molar-refractivity contribution in [3.63, 3.8) is 0 Å². The molecule has 2 atom stereocenters. The number of Topliss-reactive ketones (excluding diaryl/α,β-unsaturated/α-hetero) is 1. The molecule has 1 aliphatic rings. The molecule has 188 valence electrons. The molecule has 0 bridgehead atoms. The molecule has 1 saturated carbocycles. The normalized spacial score (nSPS) is 17.3. The van der Waals surface area contributed by atoms with Gasteiger partial charge in [-0.05, 0) is 38.7 Å². The zero-order valence-electron chi connectivity index (χ0n) is 20.3. The first kappa shape index (κ1) is 27.5. The number of nitrogens with zero attached hydrogens (tertiary/aromatic N) is 1. The number of carbonyl (C=O) groups excluding carboxylic acids is 3. The highest BCUT2D eigenvalue weighted by Crippen LogP contribution is 2.32. The molecule has 0 spiro atoms. The van der Waals surface area contributed by atoms with E-state index in [1.165, 1.54) is 0 Å². The minimum atomic E-state index is -2.15. The van der Waals surface area contributed by atoms with E-state index >= 15 is 0 Å². The number of hydrogen-bond donors (Lipinski definition) is 3. The largest absolute Gasteiger partial charge is 0.481 e. The smallest absolute Gasteiger partial charge is 0.417 e. The van der Waals surface area contributed by atoms with Crippen molar-refractivity contribution in [1.82, 2.24) is 4.90 Å². The molecular weight excluding hydrogens is 438 g/mol. The first-order chi connectivity index (χ1) is 15.8. The highest BCUT2D eigenvalue weighted by Gasteiger charge is 2.50. The minimum Gasteiger partial charge on any atom is -0.481 e. The summed E-state index contributed by atoms with van der Waals surface area (Å²) in [6.07, 6.45) is 2.94. The number of aliphatic carboxylic acids is 1. The number of amides is 2. The highest BCUT2D eigenvalue weighted by atomic mass is 16.6. The lowest BCUT2D eigenvalue weighted by molar-refractivity contribution is -0.147. The van der Waals surface area contributed by atoms with Gasteiger partial charge in [-0.3, -0.25) is 14.4 Å². The van der Waals surface area contributed by atoms with Gasteiger partial charge in [0.15, 0.2) is 11.3 Å². The quantitative estimate of drug-likeness (QED) is 0.461. The molecule has 2 amide bonds. The van der Waals surface area contributed by atoms with Crippen LogP contribution in [0, 0.1) is 5.92 Å². The number of carbonyl (C=O) groups is 4. The molecule has 1 aromatic rings. The lowest BCUT2D eigenvalue weighted by Crippen LogP contribution is -2.66. The fraction of sp³-hybridized carbons (Fsp3) is 0.600. The number of ketones is 1. The van der Waals surface area contributed by atoms with Crippen molar-refractivity contribution in [3.05, 3.63) is 35.9 Å². The van der Waals surface area contributed by atoms with Crippen molar-refractivity contribution < 1.29 is 29.0 Å². The molecule has 0 aromatic heterocycles. The van der Waals surface area contributed by atoms with Gasteiger partial charge in [-0.25, -0.2) is 9.69 Å². The molecule has 9 nitrogen and oxygen atoms in total. The summed E-state index contributed by atoms with van der Waals surface area (Å²) in [4.78, 5) is 52.4. The van der Waals surface area contributed by atoms with E-state index in [1.807, 2.05) is 0 Å². The van der Waals surface area contributed by atoms with Crippen molar-refractivity contribution in [3.8, 4) is 0 Å². The van der Waals surface area contributed by atoms with Crippen LogP contribution in [0.1, 0.15) is 71.3 Å². The van der Waals surface area contributed by atoms with Gasteiger partial charge in [0.25, 0.3) is 5.91 Å². The number of benzene rings is 1. The van der Waals surface area contributed by atoms with Gasteiger partial charge in [0.2, 0.25) is 0 Å². The summed E-state index contributed by atoms with van der Waals surface area (Å²) in [5.41, 5.74) is 10.0. The number of ether oxygens (including phenoxy) is 1. The van der Waals surface area contributed by atoms with E-state index in [4.69, 9.17) is 21.3 Å². The van der Waals surface area contributed by atoms with E-state index in [2.05, 4.69) is 0 Å². The minimum absolute atomic E-state index is 0.00786. The average Bonchev–Trinajstić information content (AvgIpc) is 2.76. The second-order valence-corrected chi connectivity index (χ2v) is 10.1. The molecule has 0 aliphatic heterocycles. The monoisotopic (exact) mass is 475 g/mol. The summed E-state index contributed by atoms with van der Waals surface area (Å²) < 4.78 is 5.46. The number of imide groups is 1. The fourth-order valence-electron chi connectivity index (χ4n) is 4.29. The Bertz CT molecular complexity index is 876. The third-order valence-corrected chi connectivity index (χ3v) is 5.93. The van der Waals surface area contributed by atoms with Crippen LogP contribution in [0.2, 0.25) is 0 Å². The maximum atomic E-state index is 13.9. The molecule has 1 aliphatic carbocycles. The maximum Gasteiger partial charge on any atom is 0.417 e. The van der Waals surface area contributed by atoms with Crippen molar-refractivity contribution in [2.24, 2.45) is 17.4 Å². The van der Waals surface area contributed by atoms with Gasteiger partial charge in [-0.15, -0.1) is 0 Å². The van der Waals surface area contributed by atoms with Crippen LogP contribution in [0.3, 0.4) is 0 Å². The second-order valence-electron chi connectivity index (χ2n) is 10.1. The van der Waals surface area contributed by atoms with Crippen LogP contribution in [0.4, 0.5) is 4.79 Å². The number of rotatable bonds is 9. The lowest BCUT2D eigenvalue weighted by Gasteiger charge is -2.37. The third kappa shape index (κ3) is 7.63. The van der Waals surface area contributed by atoms with Crippen LogP contribution in [-0.4, -0.2) is 50.9 Å². The van der Waals surface area contributed by atoms with Gasteiger partial charge in [0.05, 0.1) is 19.0 Å². The molecule has 1 fully saturated rings. The summed E-state index contributed by atoms with van der Waals surface area (Å²) in [6.45, 7) is 4.85. The van der Waals surface area contributed by atoms with Gasteiger partial charge in [0.1, 0.15) is 5.60 Å². The number of carboxylic acid groups (broad SMARTS) is 1. The summed E-state index contributed by atoms with van der Waals surface area (Å²) in [7, 11) is 0. The van der Waals surface area contributed by atoms with Crippen LogP contribution in [0.5, 0.6) is 0 Å². The van der Waals surface area contributed by atoms with E-state index in [0.717, 1.165) is 37.0 Å². The van der Waals surface area contributed by atoms with Crippen LogP contribution in [0.15, 0.2) is 30.3 Å². The van der Waals surface area contributed by atoms with Gasteiger partial charge in [-0.2, -0.15) is 0 Å². The van der Waals surface area contributed by atoms with Gasteiger partial charge < -0.3 is 21.3 Å². The molecule has 5 N–H and O–H groups in total. The number of nitrogens with two attached hydrogens (primary N) is 2. The number of carboxylic acids is 1. The van der Waals surface area contributed by atoms with Gasteiger partial charge in [-0.1, -0.05) is 62.4 Å². The van der Waals surface area contributed by atoms with Crippen molar-refractivity contribution in [2.75, 3.05) is 0 Å². The zero-order chi connectivity index (χ0) is 25.5. The van der Waals surface area contributed by atoms with E-state index in [-0.39, 0.29) is 18.9 Å². The average molecular weight is 476 g/mol. The Morgan fingerprint density at radius 1 is 1.09 bits per heavy atom. The Morgan fingerprint density at radius 3 is 2.21 bits per heavy atom. The molecule has 0 unspecified atom stereocenters. The predicted molar refractivity (Wildman–Crippen MR) is 127 cm³/mol. The standard InChI is InChI=1S/C25H37N3O6/c1-24(2,3)34-23(33)28(16-18-12-8-5-9-13-18)22(32)25(27,15-17-10-6-4-7-11-17)21(31)19(26)14-20(29)30/h5,8-9,12-13,17,19H,4,6-7,10-11,14-16,26-27H2,1-3H3,(H,29,30)/t19-,25+/m0/s1. The Kier molecular flexibility index (Phi) is 9.35. The number of hydrogen-bond acceptors (Lipinski definition) is 7. The summed E-state index contributed by atoms with van der Waals surface area (Å²) in [5, 5.41) is 9.14. The second kappa shape index (κ2) is 11.6. The Morgan fingerprint density at radius 2 is 1.68 bits per heavy atom. The van der Waals surface area contributed by atoms with E-state index in [9.17, 15) is 19.2 Å². The Labute approximate surface area is 200 Å². The maximum absolute atomic E-state index is 13.9. The SMILES string of the molecule is CC(C)(C)OC(=O)N(Cc1ccccc1)C(=O)[C@@](N)(CC1CCCCC1)C(=O)[C@@H](N)CC(=O)O. The molecule has 0 radical (unpaired) electrons. The van der Waals surface area contributed by atoms with Crippen molar-refractivity contribution in [2.45, 2.75) is 89.4 Å². The highest BCUT2D eigenvalue weighted by molar-refractivity contribution is 6.15. The van der Waals surface area contributed by atoms with Crippen LogP contribution in [-0.2, 0) is 25.7 Å². The van der Waals surface area contributed by atoms with Crippen molar-refractivity contribution >= 4 is 23.8 Å². The Balaban J connectivity index is 2.46. The van der Waals surface area contributed by atoms with Gasteiger partial charge >= 0.3 is 12.1 Å².